The smallest absolute Gasteiger partial charge is 0.253 e. The van der Waals surface area contributed by atoms with Crippen LogP contribution in [0.1, 0.15) is 56.0 Å². The first-order valence-corrected chi connectivity index (χ1v) is 12.3. The molecule has 0 bridgehead atoms. The van der Waals surface area contributed by atoms with Crippen LogP contribution in [0.25, 0.3) is 0 Å². The molecule has 0 atom stereocenters. The summed E-state index contributed by atoms with van der Waals surface area (Å²) in [5.74, 6) is 1.40. The molecule has 35 heavy (non-hydrogen) atoms. The molecule has 7 heteroatoms. The minimum Gasteiger partial charge on any atom is -0.493 e. The Morgan fingerprint density at radius 2 is 1.69 bits per heavy atom. The van der Waals surface area contributed by atoms with E-state index in [1.54, 1.807) is 14.2 Å². The van der Waals surface area contributed by atoms with Gasteiger partial charge in [-0.25, -0.2) is 0 Å². The number of nitrogens with zero attached hydrogens (tertiary/aromatic N) is 1. The van der Waals surface area contributed by atoms with Crippen molar-refractivity contribution in [2.75, 3.05) is 38.8 Å². The van der Waals surface area contributed by atoms with E-state index >= 15 is 0 Å². The Balaban J connectivity index is 1.54. The number of hydrogen-bond donors (Lipinski definition) is 2. The maximum absolute atomic E-state index is 13.0. The summed E-state index contributed by atoms with van der Waals surface area (Å²) in [5, 5.41) is 6.24. The van der Waals surface area contributed by atoms with Crippen LogP contribution in [0, 0.1) is 5.41 Å². The van der Waals surface area contributed by atoms with Gasteiger partial charge in [-0.1, -0.05) is 39.0 Å². The van der Waals surface area contributed by atoms with Crippen molar-refractivity contribution in [2.45, 2.75) is 52.5 Å². The van der Waals surface area contributed by atoms with Crippen LogP contribution in [0.15, 0.2) is 42.5 Å². The molecule has 0 radical (unpaired) electrons. The van der Waals surface area contributed by atoms with Crippen molar-refractivity contribution in [2.24, 2.45) is 5.41 Å². The minimum absolute atomic E-state index is 0.0173. The second kappa shape index (κ2) is 12.0. The molecule has 1 aliphatic heterocycles. The Bertz CT molecular complexity index is 1010. The minimum atomic E-state index is -0.0818. The fraction of sp³-hybridized carbons (Fsp3) is 0.500. The largest absolute Gasteiger partial charge is 0.493 e. The molecule has 2 aromatic rings. The highest BCUT2D eigenvalue weighted by Crippen LogP contribution is 2.28. The van der Waals surface area contributed by atoms with Crippen LogP contribution >= 0.6 is 0 Å². The van der Waals surface area contributed by atoms with Crippen LogP contribution in [0.2, 0.25) is 0 Å². The van der Waals surface area contributed by atoms with Crippen molar-refractivity contribution in [1.29, 1.82) is 0 Å². The van der Waals surface area contributed by atoms with Crippen LogP contribution in [0.4, 0.5) is 5.69 Å². The number of hydrogen-bond acceptors (Lipinski definition) is 5. The van der Waals surface area contributed by atoms with Gasteiger partial charge in [0.05, 0.1) is 19.8 Å². The van der Waals surface area contributed by atoms with E-state index in [2.05, 4.69) is 36.3 Å². The van der Waals surface area contributed by atoms with Crippen molar-refractivity contribution < 1.29 is 19.1 Å². The van der Waals surface area contributed by atoms with E-state index in [1.165, 1.54) is 0 Å². The average Bonchev–Trinajstić information content (AvgIpc) is 2.83. The van der Waals surface area contributed by atoms with E-state index < -0.39 is 0 Å². The van der Waals surface area contributed by atoms with Gasteiger partial charge in [0.25, 0.3) is 5.91 Å². The lowest BCUT2D eigenvalue weighted by atomic mass is 9.91. The van der Waals surface area contributed by atoms with Crippen LogP contribution in [0.3, 0.4) is 0 Å². The lowest BCUT2D eigenvalue weighted by Gasteiger charge is -2.35. The molecule has 3 rings (SSSR count). The van der Waals surface area contributed by atoms with Gasteiger partial charge in [-0.3, -0.25) is 9.59 Å². The van der Waals surface area contributed by atoms with E-state index in [4.69, 9.17) is 9.47 Å². The summed E-state index contributed by atoms with van der Waals surface area (Å²) in [7, 11) is 3.23. The van der Waals surface area contributed by atoms with Crippen molar-refractivity contribution in [1.82, 2.24) is 10.6 Å². The van der Waals surface area contributed by atoms with Crippen molar-refractivity contribution >= 4 is 17.5 Å². The monoisotopic (exact) mass is 481 g/mol. The van der Waals surface area contributed by atoms with Gasteiger partial charge in [0, 0.05) is 37.8 Å². The molecule has 0 unspecified atom stereocenters. The molecule has 0 saturated carbocycles. The van der Waals surface area contributed by atoms with E-state index in [0.717, 1.165) is 37.2 Å². The quantitative estimate of drug-likeness (QED) is 0.561. The molecule has 1 saturated heterocycles. The Labute approximate surface area is 209 Å². The molecule has 0 spiro atoms. The molecule has 1 aliphatic rings. The number of anilines is 1. The van der Waals surface area contributed by atoms with Crippen molar-refractivity contribution in [3.05, 3.63) is 53.6 Å². The number of ether oxygens (including phenoxy) is 2. The fourth-order valence-corrected chi connectivity index (χ4v) is 4.42. The summed E-state index contributed by atoms with van der Waals surface area (Å²) < 4.78 is 10.7. The number of piperidine rings is 1. The second-order valence-electron chi connectivity index (χ2n) is 10.3. The number of carbonyl (C=O) groups is 2. The molecule has 190 valence electrons. The topological polar surface area (TPSA) is 79.9 Å². The molecule has 1 fully saturated rings. The molecule has 7 nitrogen and oxygen atoms in total. The summed E-state index contributed by atoms with van der Waals surface area (Å²) in [6, 6.07) is 13.7. The Hall–Kier alpha value is -3.22. The Morgan fingerprint density at radius 1 is 1.00 bits per heavy atom. The number of rotatable bonds is 9. The summed E-state index contributed by atoms with van der Waals surface area (Å²) in [6.07, 6.45) is 2.95. The normalized spacial score (nSPS) is 14.4. The van der Waals surface area contributed by atoms with Gasteiger partial charge >= 0.3 is 0 Å². The van der Waals surface area contributed by atoms with Gasteiger partial charge in [-0.2, -0.15) is 0 Å². The lowest BCUT2D eigenvalue weighted by molar-refractivity contribution is -0.123. The van der Waals surface area contributed by atoms with Crippen molar-refractivity contribution in [3.8, 4) is 11.5 Å². The number of methoxy groups -OCH3 is 2. The third-order valence-electron chi connectivity index (χ3n) is 6.19. The fourth-order valence-electron chi connectivity index (χ4n) is 4.42. The first-order chi connectivity index (χ1) is 16.7. The van der Waals surface area contributed by atoms with Gasteiger partial charge in [0.1, 0.15) is 0 Å². The number of carbonyl (C=O) groups excluding carboxylic acids is 2. The highest BCUT2D eigenvalue weighted by Gasteiger charge is 2.25. The van der Waals surface area contributed by atoms with Crippen LogP contribution in [-0.2, 0) is 11.2 Å². The van der Waals surface area contributed by atoms with Crippen LogP contribution < -0.4 is 25.0 Å². The number of nitrogens with one attached hydrogen (secondary N) is 2. The third kappa shape index (κ3) is 7.64. The SMILES string of the molecule is COc1ccc(CCNC(=O)c2ccccc2N2CCC(NC(=O)CC(C)(C)C)CC2)cc1OC. The first-order valence-electron chi connectivity index (χ1n) is 12.3. The zero-order chi connectivity index (χ0) is 25.4. The van der Waals surface area contributed by atoms with Crippen molar-refractivity contribution in [3.63, 3.8) is 0 Å². The molecule has 2 amide bonds. The molecular formula is C28H39N3O4. The summed E-state index contributed by atoms with van der Waals surface area (Å²) in [5.41, 5.74) is 2.66. The lowest BCUT2D eigenvalue weighted by Crippen LogP contribution is -2.45. The zero-order valence-electron chi connectivity index (χ0n) is 21.6. The summed E-state index contributed by atoms with van der Waals surface area (Å²) >= 11 is 0. The highest BCUT2D eigenvalue weighted by atomic mass is 16.5. The molecule has 1 heterocycles. The number of benzene rings is 2. The van der Waals surface area contributed by atoms with Crippen LogP contribution in [0.5, 0.6) is 11.5 Å². The summed E-state index contributed by atoms with van der Waals surface area (Å²) in [4.78, 5) is 27.6. The van der Waals surface area contributed by atoms with Gasteiger partial charge in [0.2, 0.25) is 5.91 Å². The summed E-state index contributed by atoms with van der Waals surface area (Å²) in [6.45, 7) is 8.35. The standard InChI is InChI=1S/C28H39N3O4/c1-28(2,3)19-26(32)30-21-13-16-31(17-14-21)23-9-7-6-8-22(23)27(33)29-15-12-20-10-11-24(34-4)25(18-20)35-5/h6-11,18,21H,12-17,19H2,1-5H3,(H,29,33)(H,30,32). The van der Waals surface area contributed by atoms with E-state index in [-0.39, 0.29) is 23.3 Å². The number of para-hydroxylation sites is 1. The van der Waals surface area contributed by atoms with Gasteiger partial charge < -0.3 is 25.0 Å². The molecular weight excluding hydrogens is 442 g/mol. The molecule has 0 aromatic heterocycles. The Morgan fingerprint density at radius 3 is 2.34 bits per heavy atom. The maximum atomic E-state index is 13.0. The van der Waals surface area contributed by atoms with Gasteiger partial charge in [0.15, 0.2) is 11.5 Å². The third-order valence-corrected chi connectivity index (χ3v) is 6.19. The molecule has 2 N–H and O–H groups in total. The second-order valence-corrected chi connectivity index (χ2v) is 10.3. The average molecular weight is 482 g/mol. The highest BCUT2D eigenvalue weighted by molar-refractivity contribution is 5.99. The van der Waals surface area contributed by atoms with Gasteiger partial charge in [-0.05, 0) is 54.5 Å². The van der Waals surface area contributed by atoms with E-state index in [9.17, 15) is 9.59 Å². The Kier molecular flexibility index (Phi) is 9.01. The first kappa shape index (κ1) is 26.4. The van der Waals surface area contributed by atoms with Crippen LogP contribution in [-0.4, -0.2) is 51.7 Å². The predicted molar refractivity (Wildman–Crippen MR) is 139 cm³/mol. The van der Waals surface area contributed by atoms with E-state index in [0.29, 0.717) is 36.4 Å². The maximum Gasteiger partial charge on any atom is 0.253 e. The zero-order valence-corrected chi connectivity index (χ0v) is 21.6. The number of amides is 2. The predicted octanol–water partition coefficient (Wildman–Crippen LogP) is 4.20. The molecule has 0 aliphatic carbocycles. The van der Waals surface area contributed by atoms with E-state index in [1.807, 2.05) is 42.5 Å². The molecule has 2 aromatic carbocycles. The van der Waals surface area contributed by atoms with Gasteiger partial charge in [-0.15, -0.1) is 0 Å².